The molecular formula is C12H20N4O5. The predicted octanol–water partition coefficient (Wildman–Crippen LogP) is -1.42. The van der Waals surface area contributed by atoms with Crippen molar-refractivity contribution in [3.05, 3.63) is 0 Å². The van der Waals surface area contributed by atoms with Gasteiger partial charge < -0.3 is 26.0 Å². The molecule has 1 saturated heterocycles. The van der Waals surface area contributed by atoms with Crippen LogP contribution >= 0.6 is 0 Å². The van der Waals surface area contributed by atoms with Gasteiger partial charge in [0.1, 0.15) is 6.04 Å². The fourth-order valence-electron chi connectivity index (χ4n) is 2.01. The first-order valence-electron chi connectivity index (χ1n) is 6.63. The monoisotopic (exact) mass is 300 g/mol. The Balaban J connectivity index is 2.49. The number of nitrogens with zero attached hydrogens (tertiary/aromatic N) is 2. The van der Waals surface area contributed by atoms with Gasteiger partial charge in [-0.25, -0.2) is 9.59 Å². The highest BCUT2D eigenvalue weighted by atomic mass is 16.4. The molecule has 0 spiro atoms. The van der Waals surface area contributed by atoms with E-state index in [4.69, 9.17) is 10.8 Å². The summed E-state index contributed by atoms with van der Waals surface area (Å²) in [5, 5.41) is 11.4. The van der Waals surface area contributed by atoms with E-state index in [9.17, 15) is 19.2 Å². The molecule has 0 unspecified atom stereocenters. The molecule has 4 N–H and O–H groups in total. The molecule has 0 aromatic rings. The van der Waals surface area contributed by atoms with Gasteiger partial charge in [-0.2, -0.15) is 0 Å². The summed E-state index contributed by atoms with van der Waals surface area (Å²) in [5.41, 5.74) is 4.97. The number of carbonyl (C=O) groups excluding carboxylic acids is 3. The molecule has 21 heavy (non-hydrogen) atoms. The third kappa shape index (κ3) is 5.28. The minimum absolute atomic E-state index is 0.0518. The number of carboxylic acid groups (broad SMARTS) is 1. The molecule has 9 heteroatoms. The van der Waals surface area contributed by atoms with Crippen molar-refractivity contribution in [2.75, 3.05) is 26.2 Å². The van der Waals surface area contributed by atoms with E-state index >= 15 is 0 Å². The standard InChI is InChI=1S/C12H20N4O5/c1-8(17)15-4-6-16(7-5-15)12(21)14-9(11(19)20)2-3-10(13)18/h9H,2-7H2,1H3,(H2,13,18)(H,14,21)(H,19,20)/t9-/m1/s1. The largest absolute Gasteiger partial charge is 0.480 e. The first kappa shape index (κ1) is 16.7. The van der Waals surface area contributed by atoms with Gasteiger partial charge in [-0.3, -0.25) is 9.59 Å². The Bertz CT molecular complexity index is 431. The summed E-state index contributed by atoms with van der Waals surface area (Å²) in [4.78, 5) is 47.9. The Morgan fingerprint density at radius 2 is 1.67 bits per heavy atom. The minimum Gasteiger partial charge on any atom is -0.480 e. The Morgan fingerprint density at radius 1 is 1.14 bits per heavy atom. The van der Waals surface area contributed by atoms with Gasteiger partial charge in [-0.1, -0.05) is 0 Å². The van der Waals surface area contributed by atoms with Crippen LogP contribution in [0, 0.1) is 0 Å². The van der Waals surface area contributed by atoms with Crippen LogP contribution in [0.15, 0.2) is 0 Å². The van der Waals surface area contributed by atoms with Crippen molar-refractivity contribution < 1.29 is 24.3 Å². The number of nitrogens with one attached hydrogen (secondary N) is 1. The van der Waals surface area contributed by atoms with Gasteiger partial charge in [0.15, 0.2) is 0 Å². The van der Waals surface area contributed by atoms with Gasteiger partial charge in [0.2, 0.25) is 11.8 Å². The second-order valence-electron chi connectivity index (χ2n) is 4.84. The Labute approximate surface area is 122 Å². The van der Waals surface area contributed by atoms with Crippen molar-refractivity contribution in [2.24, 2.45) is 5.73 Å². The molecule has 0 aliphatic carbocycles. The van der Waals surface area contributed by atoms with Crippen LogP contribution in [-0.2, 0) is 14.4 Å². The highest BCUT2D eigenvalue weighted by Crippen LogP contribution is 2.04. The summed E-state index contributed by atoms with van der Waals surface area (Å²) in [5.74, 6) is -1.89. The van der Waals surface area contributed by atoms with E-state index in [0.29, 0.717) is 26.2 Å². The number of carboxylic acids is 1. The van der Waals surface area contributed by atoms with Crippen molar-refractivity contribution in [3.8, 4) is 0 Å². The van der Waals surface area contributed by atoms with Gasteiger partial charge in [0.05, 0.1) is 0 Å². The molecule has 1 aliphatic heterocycles. The summed E-state index contributed by atoms with van der Waals surface area (Å²) in [7, 11) is 0. The lowest BCUT2D eigenvalue weighted by molar-refractivity contribution is -0.139. The zero-order valence-corrected chi connectivity index (χ0v) is 11.9. The molecule has 1 rings (SSSR count). The quantitative estimate of drug-likeness (QED) is 0.573. The molecule has 0 radical (unpaired) electrons. The van der Waals surface area contributed by atoms with Crippen LogP contribution in [0.2, 0.25) is 0 Å². The zero-order chi connectivity index (χ0) is 16.0. The highest BCUT2D eigenvalue weighted by molar-refractivity contribution is 5.83. The van der Waals surface area contributed by atoms with E-state index < -0.39 is 23.9 Å². The third-order valence-electron chi connectivity index (χ3n) is 3.29. The summed E-state index contributed by atoms with van der Waals surface area (Å²) >= 11 is 0. The topological polar surface area (TPSA) is 133 Å². The SMILES string of the molecule is CC(=O)N1CCN(C(=O)N[C@H](CCC(N)=O)C(=O)O)CC1. The van der Waals surface area contributed by atoms with E-state index in [1.54, 1.807) is 4.90 Å². The predicted molar refractivity (Wildman–Crippen MR) is 72.2 cm³/mol. The van der Waals surface area contributed by atoms with Crippen LogP contribution < -0.4 is 11.1 Å². The van der Waals surface area contributed by atoms with E-state index in [-0.39, 0.29) is 18.7 Å². The smallest absolute Gasteiger partial charge is 0.326 e. The molecule has 9 nitrogen and oxygen atoms in total. The molecular weight excluding hydrogens is 280 g/mol. The maximum absolute atomic E-state index is 12.0. The van der Waals surface area contributed by atoms with E-state index in [1.807, 2.05) is 0 Å². The summed E-state index contributed by atoms with van der Waals surface area (Å²) in [6.45, 7) is 2.98. The van der Waals surface area contributed by atoms with Crippen LogP contribution in [-0.4, -0.2) is 70.9 Å². The molecule has 0 bridgehead atoms. The maximum Gasteiger partial charge on any atom is 0.326 e. The normalized spacial score (nSPS) is 16.2. The number of carbonyl (C=O) groups is 4. The number of nitrogens with two attached hydrogens (primary N) is 1. The number of amides is 4. The van der Waals surface area contributed by atoms with Gasteiger partial charge >= 0.3 is 12.0 Å². The fourth-order valence-corrected chi connectivity index (χ4v) is 2.01. The molecule has 1 heterocycles. The molecule has 1 atom stereocenters. The highest BCUT2D eigenvalue weighted by Gasteiger charge is 2.26. The molecule has 1 fully saturated rings. The molecule has 0 saturated carbocycles. The van der Waals surface area contributed by atoms with Gasteiger partial charge in [0.25, 0.3) is 0 Å². The first-order valence-corrected chi connectivity index (χ1v) is 6.63. The van der Waals surface area contributed by atoms with Crippen LogP contribution in [0.25, 0.3) is 0 Å². The first-order chi connectivity index (χ1) is 9.81. The van der Waals surface area contributed by atoms with Crippen molar-refractivity contribution in [1.82, 2.24) is 15.1 Å². The number of hydrogen-bond donors (Lipinski definition) is 3. The molecule has 4 amide bonds. The third-order valence-corrected chi connectivity index (χ3v) is 3.29. The lowest BCUT2D eigenvalue weighted by Crippen LogP contribution is -2.55. The van der Waals surface area contributed by atoms with Crippen LogP contribution in [0.4, 0.5) is 4.79 Å². The summed E-state index contributed by atoms with van der Waals surface area (Å²) in [6, 6.07) is -1.68. The lowest BCUT2D eigenvalue weighted by atomic mass is 10.1. The Hall–Kier alpha value is -2.32. The number of urea groups is 1. The van der Waals surface area contributed by atoms with Gasteiger partial charge in [0, 0.05) is 39.5 Å². The van der Waals surface area contributed by atoms with Crippen molar-refractivity contribution >= 4 is 23.8 Å². The van der Waals surface area contributed by atoms with Crippen LogP contribution in [0.1, 0.15) is 19.8 Å². The average molecular weight is 300 g/mol. The van der Waals surface area contributed by atoms with Crippen molar-refractivity contribution in [2.45, 2.75) is 25.8 Å². The van der Waals surface area contributed by atoms with Crippen molar-refractivity contribution in [3.63, 3.8) is 0 Å². The van der Waals surface area contributed by atoms with E-state index in [0.717, 1.165) is 0 Å². The molecule has 0 aromatic carbocycles. The Kier molecular flexibility index (Phi) is 5.94. The average Bonchev–Trinajstić information content (AvgIpc) is 2.42. The van der Waals surface area contributed by atoms with Gasteiger partial charge in [-0.05, 0) is 6.42 Å². The number of primary amides is 1. The van der Waals surface area contributed by atoms with Crippen molar-refractivity contribution in [1.29, 1.82) is 0 Å². The number of hydrogen-bond acceptors (Lipinski definition) is 4. The van der Waals surface area contributed by atoms with Crippen LogP contribution in [0.3, 0.4) is 0 Å². The zero-order valence-electron chi connectivity index (χ0n) is 11.9. The molecule has 118 valence electrons. The second kappa shape index (κ2) is 7.46. The molecule has 1 aliphatic rings. The maximum atomic E-state index is 12.0. The Morgan fingerprint density at radius 3 is 2.10 bits per heavy atom. The van der Waals surface area contributed by atoms with Gasteiger partial charge in [-0.15, -0.1) is 0 Å². The number of piperazine rings is 1. The van der Waals surface area contributed by atoms with E-state index in [2.05, 4.69) is 5.32 Å². The summed E-state index contributed by atoms with van der Waals surface area (Å²) < 4.78 is 0. The lowest BCUT2D eigenvalue weighted by Gasteiger charge is -2.34. The fraction of sp³-hybridized carbons (Fsp3) is 0.667. The number of aliphatic carboxylic acids is 1. The number of rotatable bonds is 5. The molecule has 0 aromatic heterocycles. The second-order valence-corrected chi connectivity index (χ2v) is 4.84. The minimum atomic E-state index is -1.22. The summed E-state index contributed by atoms with van der Waals surface area (Å²) in [6.07, 6.45) is -0.167. The van der Waals surface area contributed by atoms with Crippen LogP contribution in [0.5, 0.6) is 0 Å². The van der Waals surface area contributed by atoms with E-state index in [1.165, 1.54) is 11.8 Å².